The van der Waals surface area contributed by atoms with Gasteiger partial charge in [-0.2, -0.15) is 5.26 Å². The Bertz CT molecular complexity index is 195. The lowest BCUT2D eigenvalue weighted by molar-refractivity contribution is 0.600. The fourth-order valence-corrected chi connectivity index (χ4v) is 0.517. The maximum Gasteiger partial charge on any atom is 0.0692 e. The van der Waals surface area contributed by atoms with Crippen LogP contribution in [0.4, 0.5) is 0 Å². The van der Waals surface area contributed by atoms with Crippen molar-refractivity contribution in [2.75, 3.05) is 0 Å². The third kappa shape index (κ3) is 1.53. The molecule has 0 N–H and O–H groups in total. The first-order valence-corrected chi connectivity index (χ1v) is 2.64. The molecule has 1 rings (SSSR count). The highest BCUT2D eigenvalue weighted by atomic mass is 15.4. The second-order valence-corrected chi connectivity index (χ2v) is 1.57. The van der Waals surface area contributed by atoms with Crippen molar-refractivity contribution < 1.29 is 0 Å². The van der Waals surface area contributed by atoms with Gasteiger partial charge in [0.2, 0.25) is 0 Å². The average molecular weight is 122 g/mol. The van der Waals surface area contributed by atoms with E-state index < -0.39 is 0 Å². The lowest BCUT2D eigenvalue weighted by atomic mass is 10.5. The summed E-state index contributed by atoms with van der Waals surface area (Å²) in [7, 11) is 0. The van der Waals surface area contributed by atoms with Gasteiger partial charge in [-0.25, -0.2) is 0 Å². The van der Waals surface area contributed by atoms with Gasteiger partial charge in [0.15, 0.2) is 0 Å². The molecule has 1 aromatic heterocycles. The Morgan fingerprint density at radius 1 is 1.67 bits per heavy atom. The van der Waals surface area contributed by atoms with Gasteiger partial charge in [0.05, 0.1) is 25.2 Å². The second-order valence-electron chi connectivity index (χ2n) is 1.57. The van der Waals surface area contributed by atoms with Gasteiger partial charge in [0.1, 0.15) is 0 Å². The van der Waals surface area contributed by atoms with Gasteiger partial charge < -0.3 is 0 Å². The highest BCUT2D eigenvalue weighted by Crippen LogP contribution is 1.83. The first-order valence-electron chi connectivity index (χ1n) is 2.64. The molecule has 1 aromatic rings. The van der Waals surface area contributed by atoms with Crippen molar-refractivity contribution in [3.05, 3.63) is 12.4 Å². The molecule has 0 spiro atoms. The molecular formula is C5H6N4. The van der Waals surface area contributed by atoms with Crippen molar-refractivity contribution in [3.63, 3.8) is 0 Å². The van der Waals surface area contributed by atoms with Gasteiger partial charge in [-0.1, -0.05) is 5.21 Å². The summed E-state index contributed by atoms with van der Waals surface area (Å²) in [5.74, 6) is 0. The van der Waals surface area contributed by atoms with E-state index in [-0.39, 0.29) is 0 Å². The first kappa shape index (κ1) is 5.76. The molecule has 0 atom stereocenters. The first-order chi connectivity index (χ1) is 4.43. The summed E-state index contributed by atoms with van der Waals surface area (Å²) < 4.78 is 1.63. The topological polar surface area (TPSA) is 54.5 Å². The number of nitriles is 1. The summed E-state index contributed by atoms with van der Waals surface area (Å²) in [4.78, 5) is 0. The average Bonchev–Trinajstić information content (AvgIpc) is 2.34. The molecule has 9 heavy (non-hydrogen) atoms. The van der Waals surface area contributed by atoms with Crippen LogP contribution in [0.3, 0.4) is 0 Å². The smallest absolute Gasteiger partial charge is 0.0692 e. The normalized spacial score (nSPS) is 8.78. The van der Waals surface area contributed by atoms with Crippen LogP contribution in [0.1, 0.15) is 6.42 Å². The molecule has 0 saturated heterocycles. The minimum atomic E-state index is 0.489. The lowest BCUT2D eigenvalue weighted by Crippen LogP contribution is -1.96. The van der Waals surface area contributed by atoms with Gasteiger partial charge in [-0.05, 0) is 0 Å². The maximum atomic E-state index is 8.15. The van der Waals surface area contributed by atoms with Crippen LogP contribution in [0.5, 0.6) is 0 Å². The minimum absolute atomic E-state index is 0.489. The van der Waals surface area contributed by atoms with E-state index in [0.29, 0.717) is 13.0 Å². The molecule has 4 nitrogen and oxygen atoms in total. The molecule has 0 fully saturated rings. The Morgan fingerprint density at radius 3 is 3.11 bits per heavy atom. The zero-order valence-electron chi connectivity index (χ0n) is 4.86. The van der Waals surface area contributed by atoms with Crippen molar-refractivity contribution in [2.45, 2.75) is 13.0 Å². The van der Waals surface area contributed by atoms with Crippen LogP contribution in [-0.4, -0.2) is 15.0 Å². The monoisotopic (exact) mass is 122 g/mol. The second kappa shape index (κ2) is 2.82. The van der Waals surface area contributed by atoms with Gasteiger partial charge in [0.25, 0.3) is 0 Å². The van der Waals surface area contributed by atoms with Crippen LogP contribution < -0.4 is 0 Å². The van der Waals surface area contributed by atoms with E-state index in [2.05, 4.69) is 10.3 Å². The van der Waals surface area contributed by atoms with Gasteiger partial charge in [-0.15, -0.1) is 5.10 Å². The van der Waals surface area contributed by atoms with Crippen LogP contribution in [-0.2, 0) is 6.54 Å². The molecule has 0 unspecified atom stereocenters. The predicted octanol–water partition coefficient (Wildman–Crippen LogP) is 0.192. The minimum Gasteiger partial charge on any atom is -0.252 e. The summed E-state index contributed by atoms with van der Waals surface area (Å²) in [6.45, 7) is 0.635. The lowest BCUT2D eigenvalue weighted by Gasteiger charge is -1.89. The van der Waals surface area contributed by atoms with Crippen molar-refractivity contribution in [1.29, 1.82) is 5.26 Å². The third-order valence-corrected chi connectivity index (χ3v) is 0.925. The molecule has 46 valence electrons. The molecule has 0 aliphatic rings. The van der Waals surface area contributed by atoms with Gasteiger partial charge >= 0.3 is 0 Å². The Labute approximate surface area is 52.7 Å². The molecule has 1 heterocycles. The standard InChI is InChI=1S/C5H6N4/c6-2-1-4-9-5-3-7-8-9/h3,5H,1,4H2. The zero-order valence-corrected chi connectivity index (χ0v) is 4.86. The van der Waals surface area contributed by atoms with E-state index >= 15 is 0 Å². The molecule has 0 saturated carbocycles. The van der Waals surface area contributed by atoms with E-state index in [4.69, 9.17) is 5.26 Å². The number of aromatic nitrogens is 3. The van der Waals surface area contributed by atoms with Crippen molar-refractivity contribution >= 4 is 0 Å². The van der Waals surface area contributed by atoms with Gasteiger partial charge in [0, 0.05) is 6.20 Å². The summed E-state index contributed by atoms with van der Waals surface area (Å²) >= 11 is 0. The van der Waals surface area contributed by atoms with Crippen LogP contribution in [0.15, 0.2) is 12.4 Å². The fourth-order valence-electron chi connectivity index (χ4n) is 0.517. The molecule has 0 bridgehead atoms. The SMILES string of the molecule is N#CCCn1ccnn1. The Kier molecular flexibility index (Phi) is 1.81. The Hall–Kier alpha value is -1.37. The molecule has 0 aliphatic heterocycles. The summed E-state index contributed by atoms with van der Waals surface area (Å²) in [6.07, 6.45) is 3.82. The highest BCUT2D eigenvalue weighted by Gasteiger charge is 1.86. The summed E-state index contributed by atoms with van der Waals surface area (Å²) in [5.41, 5.74) is 0. The zero-order chi connectivity index (χ0) is 6.53. The molecule has 0 aliphatic carbocycles. The van der Waals surface area contributed by atoms with E-state index in [1.165, 1.54) is 0 Å². The number of hydrogen-bond donors (Lipinski definition) is 0. The van der Waals surface area contributed by atoms with E-state index in [1.54, 1.807) is 17.1 Å². The summed E-state index contributed by atoms with van der Waals surface area (Å²) in [6, 6.07) is 2.02. The molecule has 0 aromatic carbocycles. The van der Waals surface area contributed by atoms with Crippen LogP contribution in [0.2, 0.25) is 0 Å². The quantitative estimate of drug-likeness (QED) is 0.562. The van der Waals surface area contributed by atoms with Crippen molar-refractivity contribution in [1.82, 2.24) is 15.0 Å². The third-order valence-electron chi connectivity index (χ3n) is 0.925. The van der Waals surface area contributed by atoms with E-state index in [0.717, 1.165) is 0 Å². The van der Waals surface area contributed by atoms with E-state index in [1.807, 2.05) is 6.07 Å². The number of hydrogen-bond acceptors (Lipinski definition) is 3. The number of rotatable bonds is 2. The summed E-state index contributed by atoms with van der Waals surface area (Å²) in [5, 5.41) is 15.4. The van der Waals surface area contributed by atoms with Gasteiger partial charge in [-0.3, -0.25) is 4.68 Å². The fraction of sp³-hybridized carbons (Fsp3) is 0.400. The van der Waals surface area contributed by atoms with Crippen LogP contribution >= 0.6 is 0 Å². The molecular weight excluding hydrogens is 116 g/mol. The van der Waals surface area contributed by atoms with E-state index in [9.17, 15) is 0 Å². The molecule has 4 heteroatoms. The maximum absolute atomic E-state index is 8.15. The van der Waals surface area contributed by atoms with Crippen molar-refractivity contribution in [2.24, 2.45) is 0 Å². The number of nitrogens with zero attached hydrogens (tertiary/aromatic N) is 4. The van der Waals surface area contributed by atoms with Crippen LogP contribution in [0.25, 0.3) is 0 Å². The Balaban J connectivity index is 2.41. The Morgan fingerprint density at radius 2 is 2.56 bits per heavy atom. The largest absolute Gasteiger partial charge is 0.252 e. The predicted molar refractivity (Wildman–Crippen MR) is 30.3 cm³/mol. The highest BCUT2D eigenvalue weighted by molar-refractivity contribution is 4.71. The van der Waals surface area contributed by atoms with Crippen molar-refractivity contribution in [3.8, 4) is 6.07 Å². The molecule has 0 radical (unpaired) electrons. The molecule has 0 amide bonds. The van der Waals surface area contributed by atoms with Crippen LogP contribution in [0, 0.1) is 11.3 Å². The number of aryl methyl sites for hydroxylation is 1.